The van der Waals surface area contributed by atoms with Crippen LogP contribution in [0.5, 0.6) is 5.75 Å². The molecule has 19 heavy (non-hydrogen) atoms. The van der Waals surface area contributed by atoms with Crippen molar-refractivity contribution in [1.29, 1.82) is 0 Å². The largest absolute Gasteiger partial charge is 1.00 e. The molecule has 0 spiro atoms. The van der Waals surface area contributed by atoms with Gasteiger partial charge in [0.15, 0.2) is 0 Å². The Balaban J connectivity index is 0.00000200. The van der Waals surface area contributed by atoms with Crippen LogP contribution in [0.15, 0.2) is 41.8 Å². The molecule has 2 aromatic rings. The molecule has 1 heterocycles. The standard InChI is InChI=1S/C14H16N3OSi/c1-11-4-5-14(18-19(2)3)13(8-11)17-10-12-9-15-6-7-16-12/h4-10H,1-3H3/p+1. The van der Waals surface area contributed by atoms with Gasteiger partial charge in [0, 0.05) is 12.4 Å². The minimum Gasteiger partial charge on any atom is -0.541 e. The highest BCUT2D eigenvalue weighted by Crippen LogP contribution is 2.28. The fraction of sp³-hybridized carbons (Fsp3) is 0.214. The van der Waals surface area contributed by atoms with Gasteiger partial charge in [0.25, 0.3) is 9.04 Å². The molecule has 4 nitrogen and oxygen atoms in total. The lowest BCUT2D eigenvalue weighted by molar-refractivity contribution is 0.582. The van der Waals surface area contributed by atoms with Crippen LogP contribution in [0.2, 0.25) is 13.1 Å². The average molecular weight is 271 g/mol. The molecule has 1 radical (unpaired) electrons. The van der Waals surface area contributed by atoms with Crippen molar-refractivity contribution in [2.24, 2.45) is 4.99 Å². The zero-order valence-corrected chi connectivity index (χ0v) is 12.3. The molecule has 1 aromatic heterocycles. The van der Waals surface area contributed by atoms with Crippen LogP contribution in [-0.4, -0.2) is 25.2 Å². The van der Waals surface area contributed by atoms with Gasteiger partial charge in [-0.25, -0.2) is 0 Å². The molecule has 0 unspecified atom stereocenters. The molecule has 0 saturated heterocycles. The molecular formula is C14H17N3OSi+. The Morgan fingerprint density at radius 1 is 1.32 bits per heavy atom. The Kier molecular flexibility index (Phi) is 4.41. The van der Waals surface area contributed by atoms with E-state index in [1.807, 2.05) is 25.1 Å². The van der Waals surface area contributed by atoms with Crippen LogP contribution in [0, 0.1) is 6.92 Å². The maximum absolute atomic E-state index is 5.84. The maximum Gasteiger partial charge on any atom is 1.00 e. The third kappa shape index (κ3) is 3.99. The Bertz CT molecular complexity index is 576. The van der Waals surface area contributed by atoms with Crippen LogP contribution in [0.3, 0.4) is 0 Å². The number of hydrogen-bond acceptors (Lipinski definition) is 4. The number of hydrogen-bond donors (Lipinski definition) is 0. The van der Waals surface area contributed by atoms with E-state index in [1.54, 1.807) is 24.8 Å². The Morgan fingerprint density at radius 2 is 2.16 bits per heavy atom. The van der Waals surface area contributed by atoms with Crippen molar-refractivity contribution in [2.45, 2.75) is 20.0 Å². The summed E-state index contributed by atoms with van der Waals surface area (Å²) in [6.45, 7) is 6.23. The lowest BCUT2D eigenvalue weighted by atomic mass is 10.2. The Labute approximate surface area is 116 Å². The van der Waals surface area contributed by atoms with E-state index in [0.717, 1.165) is 22.7 Å². The summed E-state index contributed by atoms with van der Waals surface area (Å²) >= 11 is 0. The quantitative estimate of drug-likeness (QED) is 0.633. The highest BCUT2D eigenvalue weighted by atomic mass is 28.3. The van der Waals surface area contributed by atoms with Crippen LogP contribution >= 0.6 is 0 Å². The first-order valence-electron chi connectivity index (χ1n) is 6.04. The fourth-order valence-electron chi connectivity index (χ4n) is 1.55. The highest BCUT2D eigenvalue weighted by Gasteiger charge is 2.06. The molecule has 0 aliphatic heterocycles. The molecule has 97 valence electrons. The van der Waals surface area contributed by atoms with Crippen molar-refractivity contribution >= 4 is 20.9 Å². The number of rotatable bonds is 4. The number of aryl methyl sites for hydroxylation is 1. The second-order valence-electron chi connectivity index (χ2n) is 4.37. The SMILES string of the molecule is Cc1ccc(O[Si](C)C)c(N=Cc2cnccn2)c1.[H+]. The van der Waals surface area contributed by atoms with Gasteiger partial charge in [-0.2, -0.15) is 0 Å². The number of nitrogens with zero attached hydrogens (tertiary/aromatic N) is 3. The normalized spacial score (nSPS) is 11.2. The monoisotopic (exact) mass is 271 g/mol. The van der Waals surface area contributed by atoms with Crippen molar-refractivity contribution in [3.63, 3.8) is 0 Å². The first-order chi connectivity index (χ1) is 9.15. The summed E-state index contributed by atoms with van der Waals surface area (Å²) in [5.74, 6) is 0.824. The molecule has 0 fully saturated rings. The lowest BCUT2D eigenvalue weighted by Crippen LogP contribution is -2.11. The third-order valence-corrected chi connectivity index (χ3v) is 2.98. The number of benzene rings is 1. The fourth-order valence-corrected chi connectivity index (χ4v) is 2.16. The second-order valence-corrected chi connectivity index (χ2v) is 6.39. The van der Waals surface area contributed by atoms with Gasteiger partial charge in [-0.1, -0.05) is 6.07 Å². The van der Waals surface area contributed by atoms with Crippen LogP contribution < -0.4 is 4.43 Å². The zero-order valence-electron chi connectivity index (χ0n) is 12.3. The van der Waals surface area contributed by atoms with Crippen LogP contribution in [0.4, 0.5) is 5.69 Å². The van der Waals surface area contributed by atoms with E-state index in [9.17, 15) is 0 Å². The number of aliphatic imine (C=N–C) groups is 1. The minimum atomic E-state index is -0.805. The minimum absolute atomic E-state index is 0. The van der Waals surface area contributed by atoms with Crippen LogP contribution in [-0.2, 0) is 0 Å². The summed E-state index contributed by atoms with van der Waals surface area (Å²) in [4.78, 5) is 12.6. The van der Waals surface area contributed by atoms with Gasteiger partial charge in [-0.3, -0.25) is 15.0 Å². The predicted molar refractivity (Wildman–Crippen MR) is 79.7 cm³/mol. The van der Waals surface area contributed by atoms with E-state index in [1.165, 1.54) is 0 Å². The summed E-state index contributed by atoms with van der Waals surface area (Å²) in [6.07, 6.45) is 6.66. The lowest BCUT2D eigenvalue weighted by Gasteiger charge is -2.11. The Morgan fingerprint density at radius 3 is 2.84 bits per heavy atom. The van der Waals surface area contributed by atoms with Gasteiger partial charge < -0.3 is 4.43 Å². The predicted octanol–water partition coefficient (Wildman–Crippen LogP) is 3.28. The van der Waals surface area contributed by atoms with E-state index in [0.29, 0.717) is 0 Å². The molecule has 0 bridgehead atoms. The maximum atomic E-state index is 5.84. The van der Waals surface area contributed by atoms with Crippen molar-refractivity contribution in [3.8, 4) is 5.75 Å². The van der Waals surface area contributed by atoms with Gasteiger partial charge in [-0.05, 0) is 37.7 Å². The first kappa shape index (κ1) is 13.4. The smallest absolute Gasteiger partial charge is 0.541 e. The number of aromatic nitrogens is 2. The second kappa shape index (κ2) is 6.24. The van der Waals surface area contributed by atoms with Gasteiger partial charge in [0.05, 0.1) is 18.1 Å². The summed E-state index contributed by atoms with van der Waals surface area (Å²) in [5.41, 5.74) is 2.71. The molecule has 0 N–H and O–H groups in total. The molecule has 0 aliphatic rings. The molecule has 0 saturated carbocycles. The summed E-state index contributed by atoms with van der Waals surface area (Å²) < 4.78 is 5.84. The molecule has 0 aliphatic carbocycles. The van der Waals surface area contributed by atoms with E-state index < -0.39 is 9.04 Å². The van der Waals surface area contributed by atoms with Crippen molar-refractivity contribution in [1.82, 2.24) is 9.97 Å². The summed E-state index contributed by atoms with van der Waals surface area (Å²) in [6, 6.07) is 6.00. The molecule has 5 heteroatoms. The molecule has 2 rings (SSSR count). The average Bonchev–Trinajstić information content (AvgIpc) is 2.40. The topological polar surface area (TPSA) is 47.4 Å². The molecule has 0 atom stereocenters. The van der Waals surface area contributed by atoms with Crippen molar-refractivity contribution < 1.29 is 5.85 Å². The third-order valence-electron chi connectivity index (χ3n) is 2.35. The first-order valence-corrected chi connectivity index (χ1v) is 8.45. The molecular weight excluding hydrogens is 254 g/mol. The van der Waals surface area contributed by atoms with Gasteiger partial charge >= 0.3 is 1.43 Å². The van der Waals surface area contributed by atoms with Crippen molar-refractivity contribution in [3.05, 3.63) is 48.0 Å². The van der Waals surface area contributed by atoms with Gasteiger partial charge in [0.2, 0.25) is 0 Å². The van der Waals surface area contributed by atoms with Crippen LogP contribution in [0.1, 0.15) is 12.7 Å². The van der Waals surface area contributed by atoms with E-state index in [-0.39, 0.29) is 1.43 Å². The van der Waals surface area contributed by atoms with Gasteiger partial charge in [0.1, 0.15) is 11.4 Å². The highest BCUT2D eigenvalue weighted by molar-refractivity contribution is 6.49. The Hall–Kier alpha value is -2.01. The summed E-state index contributed by atoms with van der Waals surface area (Å²) in [5, 5.41) is 0. The summed E-state index contributed by atoms with van der Waals surface area (Å²) in [7, 11) is -0.805. The zero-order chi connectivity index (χ0) is 13.7. The van der Waals surface area contributed by atoms with E-state index in [4.69, 9.17) is 4.43 Å². The van der Waals surface area contributed by atoms with Crippen molar-refractivity contribution in [2.75, 3.05) is 0 Å². The van der Waals surface area contributed by atoms with E-state index in [2.05, 4.69) is 28.1 Å². The van der Waals surface area contributed by atoms with E-state index >= 15 is 0 Å². The molecule has 1 aromatic carbocycles. The van der Waals surface area contributed by atoms with Gasteiger partial charge in [-0.15, -0.1) is 0 Å². The molecule has 0 amide bonds. The van der Waals surface area contributed by atoms with Crippen LogP contribution in [0.25, 0.3) is 0 Å².